The third-order valence-corrected chi connectivity index (χ3v) is 6.91. The predicted octanol–water partition coefficient (Wildman–Crippen LogP) is 2.88. The van der Waals surface area contributed by atoms with Gasteiger partial charge in [-0.05, 0) is 71.0 Å². The van der Waals surface area contributed by atoms with Gasteiger partial charge < -0.3 is 25.8 Å². The Balaban J connectivity index is 1.30. The minimum Gasteiger partial charge on any atom is -0.366 e. The van der Waals surface area contributed by atoms with Gasteiger partial charge in [0.25, 0.3) is 0 Å². The Kier molecular flexibility index (Phi) is 9.36. The van der Waals surface area contributed by atoms with Crippen LogP contribution in [0, 0.1) is 29.1 Å². The number of anilines is 3. The first-order valence-electron chi connectivity index (χ1n) is 13.5. The molecule has 0 aliphatic heterocycles. The zero-order valence-electron chi connectivity index (χ0n) is 23.4. The predicted molar refractivity (Wildman–Crippen MR) is 155 cm³/mol. The van der Waals surface area contributed by atoms with Crippen molar-refractivity contribution in [1.29, 1.82) is 5.26 Å². The van der Waals surface area contributed by atoms with Gasteiger partial charge in [-0.25, -0.2) is 4.98 Å². The number of carbonyl (C=O) groups excluding carboxylic acids is 2. The molecule has 0 radical (unpaired) electrons. The van der Waals surface area contributed by atoms with Crippen molar-refractivity contribution in [2.24, 2.45) is 5.92 Å². The summed E-state index contributed by atoms with van der Waals surface area (Å²) in [6, 6.07) is 9.10. The van der Waals surface area contributed by atoms with Crippen molar-refractivity contribution in [1.82, 2.24) is 25.1 Å². The van der Waals surface area contributed by atoms with Gasteiger partial charge in [-0.2, -0.15) is 10.2 Å². The lowest BCUT2D eigenvalue weighted by molar-refractivity contribution is -0.135. The molecule has 2 fully saturated rings. The van der Waals surface area contributed by atoms with E-state index in [0.29, 0.717) is 29.9 Å². The first kappa shape index (κ1) is 28.6. The summed E-state index contributed by atoms with van der Waals surface area (Å²) < 4.78 is 0. The number of amides is 2. The van der Waals surface area contributed by atoms with Gasteiger partial charge in [0.05, 0.1) is 23.4 Å². The highest BCUT2D eigenvalue weighted by molar-refractivity contribution is 5.92. The Bertz CT molecular complexity index is 1340. The number of nitrogens with one attached hydrogen (secondary N) is 3. The normalized spacial score (nSPS) is 18.6. The summed E-state index contributed by atoms with van der Waals surface area (Å²) in [5.41, 5.74) is 2.12. The molecule has 1 aromatic carbocycles. The van der Waals surface area contributed by atoms with E-state index in [1.807, 2.05) is 31.1 Å². The van der Waals surface area contributed by atoms with Crippen LogP contribution in [0.15, 0.2) is 42.6 Å². The van der Waals surface area contributed by atoms with Gasteiger partial charge in [0, 0.05) is 43.4 Å². The highest BCUT2D eigenvalue weighted by Gasteiger charge is 2.31. The van der Waals surface area contributed by atoms with Gasteiger partial charge >= 0.3 is 0 Å². The number of nitrogens with zero attached hydrogens (tertiary/aromatic N) is 5. The molecule has 208 valence electrons. The third-order valence-electron chi connectivity index (χ3n) is 6.91. The summed E-state index contributed by atoms with van der Waals surface area (Å²) in [4.78, 5) is 37.5. The Morgan fingerprint density at radius 3 is 2.52 bits per heavy atom. The molecule has 10 nitrogen and oxygen atoms in total. The van der Waals surface area contributed by atoms with E-state index in [4.69, 9.17) is 5.26 Å². The minimum atomic E-state index is -0.564. The molecule has 40 heavy (non-hydrogen) atoms. The number of rotatable bonds is 10. The lowest BCUT2D eigenvalue weighted by Crippen LogP contribution is -2.51. The van der Waals surface area contributed by atoms with Gasteiger partial charge in [0.1, 0.15) is 11.9 Å². The van der Waals surface area contributed by atoms with E-state index >= 15 is 0 Å². The standard InChI is InChI=1S/C30H36N8O2/c1-20(38(4)27(39)6-5-15-37(2)3)29(40)34-26-16-22(17-26)7-10-23-19-32-30(36-28(23)33-24-13-14-24)35-25-11-8-21(18-31)9-12-25/h5-6,8-9,11-12,19-20,22,24,26H,13-17H2,1-4H3,(H,34,40)(H2,32,33,35,36). The van der Waals surface area contributed by atoms with Crippen LogP contribution in [0.3, 0.4) is 0 Å². The molecule has 2 amide bonds. The van der Waals surface area contributed by atoms with E-state index in [1.165, 1.54) is 11.0 Å². The van der Waals surface area contributed by atoms with Crippen LogP contribution in [-0.4, -0.2) is 77.4 Å². The molecule has 1 aromatic heterocycles. The first-order chi connectivity index (χ1) is 19.2. The second-order valence-corrected chi connectivity index (χ2v) is 10.6. The monoisotopic (exact) mass is 540 g/mol. The van der Waals surface area contributed by atoms with Crippen LogP contribution < -0.4 is 16.0 Å². The van der Waals surface area contributed by atoms with Crippen LogP contribution in [0.1, 0.15) is 43.7 Å². The fourth-order valence-corrected chi connectivity index (χ4v) is 4.03. The fourth-order valence-electron chi connectivity index (χ4n) is 4.03. The summed E-state index contributed by atoms with van der Waals surface area (Å²) >= 11 is 0. The zero-order chi connectivity index (χ0) is 28.6. The molecule has 0 saturated heterocycles. The Morgan fingerprint density at radius 2 is 1.88 bits per heavy atom. The smallest absolute Gasteiger partial charge is 0.246 e. The number of carbonyl (C=O) groups is 2. The van der Waals surface area contributed by atoms with Crippen LogP contribution in [0.4, 0.5) is 17.5 Å². The maximum Gasteiger partial charge on any atom is 0.246 e. The molecule has 4 rings (SSSR count). The minimum absolute atomic E-state index is 0.0429. The van der Waals surface area contributed by atoms with E-state index < -0.39 is 6.04 Å². The summed E-state index contributed by atoms with van der Waals surface area (Å²) in [5.74, 6) is 7.50. The molecule has 1 atom stereocenters. The first-order valence-corrected chi connectivity index (χ1v) is 13.5. The van der Waals surface area contributed by atoms with Crippen LogP contribution in [0.25, 0.3) is 0 Å². The zero-order valence-corrected chi connectivity index (χ0v) is 23.4. The van der Waals surface area contributed by atoms with E-state index in [9.17, 15) is 9.59 Å². The fraction of sp³-hybridized carbons (Fsp3) is 0.433. The van der Waals surface area contributed by atoms with E-state index in [0.717, 1.165) is 36.9 Å². The average molecular weight is 541 g/mol. The lowest BCUT2D eigenvalue weighted by Gasteiger charge is -2.34. The van der Waals surface area contributed by atoms with Crippen molar-refractivity contribution < 1.29 is 9.59 Å². The number of hydrogen-bond acceptors (Lipinski definition) is 8. The largest absolute Gasteiger partial charge is 0.366 e. The number of likely N-dealkylation sites (N-methyl/N-ethyl adjacent to an activating group) is 2. The van der Waals surface area contributed by atoms with Crippen molar-refractivity contribution in [2.45, 2.75) is 50.7 Å². The summed E-state index contributed by atoms with van der Waals surface area (Å²) in [6.45, 7) is 2.39. The van der Waals surface area contributed by atoms with Gasteiger partial charge in [-0.1, -0.05) is 17.9 Å². The molecular formula is C30H36N8O2. The summed E-state index contributed by atoms with van der Waals surface area (Å²) in [5, 5.41) is 18.6. The Hall–Kier alpha value is -4.41. The number of benzene rings is 1. The molecule has 3 N–H and O–H groups in total. The van der Waals surface area contributed by atoms with Crippen LogP contribution in [-0.2, 0) is 9.59 Å². The summed E-state index contributed by atoms with van der Waals surface area (Å²) in [6.07, 6.45) is 8.73. The third kappa shape index (κ3) is 8.05. The van der Waals surface area contributed by atoms with Gasteiger partial charge in [-0.3, -0.25) is 9.59 Å². The molecule has 2 aliphatic carbocycles. The van der Waals surface area contributed by atoms with Crippen molar-refractivity contribution in [2.75, 3.05) is 38.3 Å². The molecule has 2 aromatic rings. The van der Waals surface area contributed by atoms with Crippen LogP contribution >= 0.6 is 0 Å². The molecule has 1 heterocycles. The van der Waals surface area contributed by atoms with E-state index in [-0.39, 0.29) is 23.8 Å². The second-order valence-electron chi connectivity index (χ2n) is 10.6. The van der Waals surface area contributed by atoms with Gasteiger partial charge in [0.2, 0.25) is 17.8 Å². The van der Waals surface area contributed by atoms with Gasteiger partial charge in [0.15, 0.2) is 0 Å². The molecular weight excluding hydrogens is 504 g/mol. The molecule has 0 spiro atoms. The Morgan fingerprint density at radius 1 is 1.15 bits per heavy atom. The van der Waals surface area contributed by atoms with E-state index in [2.05, 4.69) is 43.8 Å². The number of aromatic nitrogens is 2. The van der Waals surface area contributed by atoms with Crippen molar-refractivity contribution in [3.63, 3.8) is 0 Å². The van der Waals surface area contributed by atoms with Gasteiger partial charge in [-0.15, -0.1) is 0 Å². The maximum atomic E-state index is 12.7. The molecule has 10 heteroatoms. The molecule has 2 saturated carbocycles. The number of nitriles is 1. The SMILES string of the molecule is CC(C(=O)NC1CC(C#Cc2cnc(Nc3ccc(C#N)cc3)nc2NC2CC2)C1)N(C)C(=O)C=CCN(C)C. The second kappa shape index (κ2) is 13.1. The maximum absolute atomic E-state index is 12.7. The molecule has 0 bridgehead atoms. The summed E-state index contributed by atoms with van der Waals surface area (Å²) in [7, 11) is 5.50. The Labute approximate surface area is 235 Å². The van der Waals surface area contributed by atoms with Crippen molar-refractivity contribution >= 4 is 29.3 Å². The average Bonchev–Trinajstić information content (AvgIpc) is 3.74. The molecule has 2 aliphatic rings. The van der Waals surface area contributed by atoms with E-state index in [1.54, 1.807) is 38.4 Å². The number of hydrogen-bond donors (Lipinski definition) is 3. The highest BCUT2D eigenvalue weighted by atomic mass is 16.2. The van der Waals surface area contributed by atoms with Crippen LogP contribution in [0.2, 0.25) is 0 Å². The lowest BCUT2D eigenvalue weighted by atomic mass is 9.80. The van der Waals surface area contributed by atoms with Crippen molar-refractivity contribution in [3.05, 3.63) is 53.7 Å². The van der Waals surface area contributed by atoms with Crippen LogP contribution in [0.5, 0.6) is 0 Å². The quantitative estimate of drug-likeness (QED) is 0.310. The topological polar surface area (TPSA) is 126 Å². The highest BCUT2D eigenvalue weighted by Crippen LogP contribution is 2.29. The molecule has 1 unspecified atom stereocenters. The van der Waals surface area contributed by atoms with Crippen molar-refractivity contribution in [3.8, 4) is 17.9 Å².